The van der Waals surface area contributed by atoms with E-state index < -0.39 is 0 Å². The average molecular weight is 471 g/mol. The van der Waals surface area contributed by atoms with E-state index in [1.807, 2.05) is 6.07 Å². The first kappa shape index (κ1) is 22.3. The second-order valence-electron chi connectivity index (χ2n) is 6.68. The molecular weight excluding hydrogens is 441 g/mol. The van der Waals surface area contributed by atoms with Crippen LogP contribution in [0.4, 0.5) is 5.69 Å². The van der Waals surface area contributed by atoms with Crippen molar-refractivity contribution in [3.05, 3.63) is 46.8 Å². The number of benzene rings is 1. The van der Waals surface area contributed by atoms with Gasteiger partial charge in [-0.1, -0.05) is 31.1 Å². The summed E-state index contributed by atoms with van der Waals surface area (Å²) in [5.74, 6) is 1.89. The Labute approximate surface area is 173 Å². The Kier molecular flexibility index (Phi) is 8.91. The molecule has 144 valence electrons. The lowest BCUT2D eigenvalue weighted by molar-refractivity contribution is 0.372. The maximum absolute atomic E-state index is 5.35. The first-order valence-corrected chi connectivity index (χ1v) is 8.57. The zero-order valence-corrected chi connectivity index (χ0v) is 18.8. The van der Waals surface area contributed by atoms with Gasteiger partial charge in [-0.15, -0.1) is 24.0 Å². The van der Waals surface area contributed by atoms with Gasteiger partial charge in [0.15, 0.2) is 11.7 Å². The predicted molar refractivity (Wildman–Crippen MR) is 119 cm³/mol. The van der Waals surface area contributed by atoms with Crippen LogP contribution < -0.4 is 15.5 Å². The molecule has 0 atom stereocenters. The van der Waals surface area contributed by atoms with Crippen LogP contribution in [0, 0.1) is 6.92 Å². The summed E-state index contributed by atoms with van der Waals surface area (Å²) in [6.07, 6.45) is 0. The van der Waals surface area contributed by atoms with Gasteiger partial charge in [0.2, 0.25) is 0 Å². The summed E-state index contributed by atoms with van der Waals surface area (Å²) < 4.78 is 5.35. The van der Waals surface area contributed by atoms with Gasteiger partial charge in [-0.3, -0.25) is 4.99 Å². The normalized spacial score (nSPS) is 11.3. The van der Waals surface area contributed by atoms with Gasteiger partial charge in [0, 0.05) is 39.4 Å². The third kappa shape index (κ3) is 6.19. The van der Waals surface area contributed by atoms with Crippen molar-refractivity contribution in [3.63, 3.8) is 0 Å². The number of nitrogens with zero attached hydrogens (tertiary/aromatic N) is 3. The number of aromatic nitrogens is 1. The molecule has 6 nitrogen and oxygen atoms in total. The maximum atomic E-state index is 5.35. The summed E-state index contributed by atoms with van der Waals surface area (Å²) in [6, 6.07) is 8.45. The quantitative estimate of drug-likeness (QED) is 0.383. The standard InChI is InChI=1S/C19H29N5O.HI/c1-13(2)17-10-16(25-23-17)12-22-19(20-4)21-11-15-8-7-14(3)9-18(15)24(5)6;/h7-10,13H,11-12H2,1-6H3,(H2,20,21,22);1H. The van der Waals surface area contributed by atoms with E-state index in [9.17, 15) is 0 Å². The highest BCUT2D eigenvalue weighted by Gasteiger charge is 2.09. The van der Waals surface area contributed by atoms with Gasteiger partial charge in [0.25, 0.3) is 0 Å². The minimum atomic E-state index is 0. The van der Waals surface area contributed by atoms with Crippen molar-refractivity contribution in [2.45, 2.75) is 39.8 Å². The molecule has 26 heavy (non-hydrogen) atoms. The molecule has 0 aliphatic heterocycles. The number of halogens is 1. The molecular formula is C19H30IN5O. The van der Waals surface area contributed by atoms with E-state index in [1.165, 1.54) is 16.8 Å². The zero-order valence-electron chi connectivity index (χ0n) is 16.5. The molecule has 1 aromatic heterocycles. The number of rotatable bonds is 6. The summed E-state index contributed by atoms with van der Waals surface area (Å²) in [5.41, 5.74) is 4.65. The predicted octanol–water partition coefficient (Wildman–Crippen LogP) is 3.66. The molecule has 0 aliphatic carbocycles. The molecule has 0 bridgehead atoms. The van der Waals surface area contributed by atoms with Gasteiger partial charge < -0.3 is 20.1 Å². The third-order valence-electron chi connectivity index (χ3n) is 3.99. The summed E-state index contributed by atoms with van der Waals surface area (Å²) >= 11 is 0. The van der Waals surface area contributed by atoms with Crippen LogP contribution in [0.25, 0.3) is 0 Å². The van der Waals surface area contributed by atoms with Crippen LogP contribution in [0.5, 0.6) is 0 Å². The number of hydrogen-bond acceptors (Lipinski definition) is 4. The van der Waals surface area contributed by atoms with Gasteiger partial charge in [0.05, 0.1) is 12.2 Å². The lowest BCUT2D eigenvalue weighted by Crippen LogP contribution is -2.36. The lowest BCUT2D eigenvalue weighted by atomic mass is 10.1. The molecule has 1 heterocycles. The number of guanidine groups is 1. The second kappa shape index (κ2) is 10.4. The average Bonchev–Trinajstić information content (AvgIpc) is 3.05. The Morgan fingerprint density at radius 3 is 2.46 bits per heavy atom. The second-order valence-corrected chi connectivity index (χ2v) is 6.68. The summed E-state index contributed by atoms with van der Waals surface area (Å²) in [4.78, 5) is 6.40. The molecule has 2 aromatic rings. The van der Waals surface area contributed by atoms with Crippen LogP contribution in [0.2, 0.25) is 0 Å². The van der Waals surface area contributed by atoms with Crippen LogP contribution in [0.1, 0.15) is 42.3 Å². The van der Waals surface area contributed by atoms with E-state index in [2.05, 4.69) is 78.7 Å². The van der Waals surface area contributed by atoms with Gasteiger partial charge in [-0.05, 0) is 30.0 Å². The van der Waals surface area contributed by atoms with Crippen molar-refractivity contribution < 1.29 is 4.52 Å². The van der Waals surface area contributed by atoms with Crippen LogP contribution in [0.3, 0.4) is 0 Å². The molecule has 0 spiro atoms. The van der Waals surface area contributed by atoms with Gasteiger partial charge >= 0.3 is 0 Å². The van der Waals surface area contributed by atoms with Crippen molar-refractivity contribution in [1.29, 1.82) is 0 Å². The van der Waals surface area contributed by atoms with E-state index in [-0.39, 0.29) is 24.0 Å². The zero-order chi connectivity index (χ0) is 18.4. The molecule has 1 aromatic carbocycles. The molecule has 0 fully saturated rings. The van der Waals surface area contributed by atoms with Crippen molar-refractivity contribution in [2.24, 2.45) is 4.99 Å². The number of nitrogens with one attached hydrogen (secondary N) is 2. The number of hydrogen-bond donors (Lipinski definition) is 2. The summed E-state index contributed by atoms with van der Waals surface area (Å²) in [6.45, 7) is 7.54. The first-order valence-electron chi connectivity index (χ1n) is 8.57. The van der Waals surface area contributed by atoms with E-state index in [0.717, 1.165) is 17.4 Å². The number of aliphatic imine (C=N–C) groups is 1. The largest absolute Gasteiger partial charge is 0.377 e. The van der Waals surface area contributed by atoms with Gasteiger partial charge in [0.1, 0.15) is 0 Å². The monoisotopic (exact) mass is 471 g/mol. The minimum absolute atomic E-state index is 0. The third-order valence-corrected chi connectivity index (χ3v) is 3.99. The highest BCUT2D eigenvalue weighted by Crippen LogP contribution is 2.20. The van der Waals surface area contributed by atoms with E-state index in [4.69, 9.17) is 4.52 Å². The maximum Gasteiger partial charge on any atom is 0.191 e. The smallest absolute Gasteiger partial charge is 0.191 e. The van der Waals surface area contributed by atoms with Gasteiger partial charge in [-0.25, -0.2) is 0 Å². The van der Waals surface area contributed by atoms with E-state index >= 15 is 0 Å². The fraction of sp³-hybridized carbons (Fsp3) is 0.474. The number of anilines is 1. The topological polar surface area (TPSA) is 65.7 Å². The molecule has 7 heteroatoms. The molecule has 2 N–H and O–H groups in total. The SMILES string of the molecule is CN=C(NCc1cc(C(C)C)no1)NCc1ccc(C)cc1N(C)C.I. The van der Waals surface area contributed by atoms with Crippen molar-refractivity contribution in [1.82, 2.24) is 15.8 Å². The minimum Gasteiger partial charge on any atom is -0.377 e. The van der Waals surface area contributed by atoms with Crippen molar-refractivity contribution >= 4 is 35.6 Å². The number of aryl methyl sites for hydroxylation is 1. The Hall–Kier alpha value is -1.77. The van der Waals surface area contributed by atoms with Crippen LogP contribution in [0.15, 0.2) is 33.8 Å². The van der Waals surface area contributed by atoms with E-state index in [0.29, 0.717) is 19.0 Å². The van der Waals surface area contributed by atoms with Crippen LogP contribution >= 0.6 is 24.0 Å². The van der Waals surface area contributed by atoms with Gasteiger partial charge in [-0.2, -0.15) is 0 Å². The van der Waals surface area contributed by atoms with Crippen LogP contribution in [-0.4, -0.2) is 32.3 Å². The Bertz CT molecular complexity index is 724. The molecule has 0 radical (unpaired) electrons. The van der Waals surface area contributed by atoms with Crippen LogP contribution in [-0.2, 0) is 13.1 Å². The summed E-state index contributed by atoms with van der Waals surface area (Å²) in [7, 11) is 5.88. The fourth-order valence-electron chi connectivity index (χ4n) is 2.49. The lowest BCUT2D eigenvalue weighted by Gasteiger charge is -2.19. The van der Waals surface area contributed by atoms with E-state index in [1.54, 1.807) is 7.05 Å². The molecule has 2 rings (SSSR count). The molecule has 0 saturated heterocycles. The van der Waals surface area contributed by atoms with Crippen molar-refractivity contribution in [2.75, 3.05) is 26.0 Å². The molecule has 0 aliphatic rings. The molecule has 0 saturated carbocycles. The molecule has 0 amide bonds. The van der Waals surface area contributed by atoms with Crippen molar-refractivity contribution in [3.8, 4) is 0 Å². The first-order chi connectivity index (χ1) is 11.9. The Morgan fingerprint density at radius 2 is 1.88 bits per heavy atom. The highest BCUT2D eigenvalue weighted by atomic mass is 127. The Balaban J connectivity index is 0.00000338. The molecule has 0 unspecified atom stereocenters. The highest BCUT2D eigenvalue weighted by molar-refractivity contribution is 14.0. The fourth-order valence-corrected chi connectivity index (χ4v) is 2.49. The Morgan fingerprint density at radius 1 is 1.19 bits per heavy atom. The summed E-state index contributed by atoms with van der Waals surface area (Å²) in [5, 5.41) is 10.7.